The molecule has 0 saturated heterocycles. The predicted molar refractivity (Wildman–Crippen MR) is 72.2 cm³/mol. The van der Waals surface area contributed by atoms with Gasteiger partial charge in [-0.3, -0.25) is 14.6 Å². The van der Waals surface area contributed by atoms with E-state index in [1.54, 1.807) is 18.2 Å². The Kier molecular flexibility index (Phi) is 3.60. The Morgan fingerprint density at radius 2 is 2.00 bits per heavy atom. The summed E-state index contributed by atoms with van der Waals surface area (Å²) in [7, 11) is 0. The quantitative estimate of drug-likeness (QED) is 0.855. The van der Waals surface area contributed by atoms with Crippen molar-refractivity contribution in [3.05, 3.63) is 41.6 Å². The monoisotopic (exact) mass is 257 g/mol. The molecular weight excluding hydrogens is 242 g/mol. The number of aliphatic carboxylic acids is 1. The zero-order valence-corrected chi connectivity index (χ0v) is 10.9. The number of aryl methyl sites for hydroxylation is 1. The molecule has 1 aromatic carbocycles. The van der Waals surface area contributed by atoms with Crippen LogP contribution in [0, 0.1) is 12.8 Å². The van der Waals surface area contributed by atoms with E-state index in [1.165, 1.54) is 6.92 Å². The molecule has 0 saturated carbocycles. The number of ketones is 1. The smallest absolute Gasteiger partial charge is 0.306 e. The average Bonchev–Trinajstić information content (AvgIpc) is 2.37. The summed E-state index contributed by atoms with van der Waals surface area (Å²) < 4.78 is 0. The van der Waals surface area contributed by atoms with E-state index in [-0.39, 0.29) is 12.2 Å². The van der Waals surface area contributed by atoms with Gasteiger partial charge in [-0.05, 0) is 31.2 Å². The largest absolute Gasteiger partial charge is 0.481 e. The van der Waals surface area contributed by atoms with E-state index >= 15 is 0 Å². The number of carbonyl (C=O) groups is 2. The summed E-state index contributed by atoms with van der Waals surface area (Å²) in [6, 6.07) is 9.05. The SMILES string of the molecule is Cc1ccc2cc(C(=O)CC(C)C(=O)O)ccc2n1. The molecule has 0 fully saturated rings. The minimum absolute atomic E-state index is 0.0140. The third-order valence-corrected chi connectivity index (χ3v) is 3.06. The molecule has 4 nitrogen and oxygen atoms in total. The van der Waals surface area contributed by atoms with Gasteiger partial charge in [0.2, 0.25) is 0 Å². The van der Waals surface area contributed by atoms with E-state index < -0.39 is 11.9 Å². The molecule has 0 amide bonds. The number of carbonyl (C=O) groups excluding carboxylic acids is 1. The predicted octanol–water partition coefficient (Wildman–Crippen LogP) is 2.84. The van der Waals surface area contributed by atoms with Crippen LogP contribution in [0.2, 0.25) is 0 Å². The van der Waals surface area contributed by atoms with E-state index in [0.29, 0.717) is 5.56 Å². The van der Waals surface area contributed by atoms with Crippen LogP contribution in [0.5, 0.6) is 0 Å². The van der Waals surface area contributed by atoms with Crippen LogP contribution in [0.3, 0.4) is 0 Å². The third kappa shape index (κ3) is 2.96. The van der Waals surface area contributed by atoms with Crippen molar-refractivity contribution >= 4 is 22.7 Å². The van der Waals surface area contributed by atoms with E-state index in [9.17, 15) is 9.59 Å². The van der Waals surface area contributed by atoms with E-state index in [2.05, 4.69) is 4.98 Å². The molecule has 0 bridgehead atoms. The van der Waals surface area contributed by atoms with E-state index in [4.69, 9.17) is 5.11 Å². The zero-order valence-electron chi connectivity index (χ0n) is 10.9. The molecule has 2 aromatic rings. The van der Waals surface area contributed by atoms with Crippen molar-refractivity contribution in [3.63, 3.8) is 0 Å². The van der Waals surface area contributed by atoms with E-state index in [0.717, 1.165) is 16.6 Å². The molecule has 1 heterocycles. The number of aromatic nitrogens is 1. The molecule has 1 aromatic heterocycles. The van der Waals surface area contributed by atoms with E-state index in [1.807, 2.05) is 19.1 Å². The molecule has 0 aliphatic rings. The highest BCUT2D eigenvalue weighted by Crippen LogP contribution is 2.17. The fraction of sp³-hybridized carbons (Fsp3) is 0.267. The van der Waals surface area contributed by atoms with Crippen LogP contribution in [0.15, 0.2) is 30.3 Å². The number of hydrogen-bond acceptors (Lipinski definition) is 3. The second kappa shape index (κ2) is 5.18. The molecule has 0 aliphatic carbocycles. The van der Waals surface area contributed by atoms with Crippen LogP contribution < -0.4 is 0 Å². The van der Waals surface area contributed by atoms with Gasteiger partial charge in [0.05, 0.1) is 11.4 Å². The van der Waals surface area contributed by atoms with Gasteiger partial charge in [-0.2, -0.15) is 0 Å². The lowest BCUT2D eigenvalue weighted by atomic mass is 9.99. The summed E-state index contributed by atoms with van der Waals surface area (Å²) in [6.07, 6.45) is 0.0140. The molecular formula is C15H15NO3. The van der Waals surface area contributed by atoms with Crippen molar-refractivity contribution in [2.24, 2.45) is 5.92 Å². The number of benzene rings is 1. The molecule has 0 aliphatic heterocycles. The number of hydrogen-bond donors (Lipinski definition) is 1. The number of Topliss-reactive ketones (excluding diaryl/α,β-unsaturated/α-hetero) is 1. The van der Waals surface area contributed by atoms with Crippen LogP contribution in [0.25, 0.3) is 10.9 Å². The fourth-order valence-electron chi connectivity index (χ4n) is 1.88. The van der Waals surface area contributed by atoms with Crippen LogP contribution in [-0.4, -0.2) is 21.8 Å². The summed E-state index contributed by atoms with van der Waals surface area (Å²) in [5.74, 6) is -1.77. The summed E-state index contributed by atoms with van der Waals surface area (Å²) in [6.45, 7) is 3.44. The first-order chi connectivity index (χ1) is 8.97. The van der Waals surface area contributed by atoms with Crippen molar-refractivity contribution < 1.29 is 14.7 Å². The second-order valence-electron chi connectivity index (χ2n) is 4.73. The Hall–Kier alpha value is -2.23. The molecule has 98 valence electrons. The van der Waals surface area contributed by atoms with Crippen LogP contribution >= 0.6 is 0 Å². The molecule has 0 spiro atoms. The summed E-state index contributed by atoms with van der Waals surface area (Å²) in [5, 5.41) is 9.71. The molecule has 19 heavy (non-hydrogen) atoms. The molecule has 2 rings (SSSR count). The number of carboxylic acid groups (broad SMARTS) is 1. The molecule has 0 radical (unpaired) electrons. The average molecular weight is 257 g/mol. The van der Waals surface area contributed by atoms with Gasteiger partial charge in [-0.15, -0.1) is 0 Å². The van der Waals surface area contributed by atoms with Crippen molar-refractivity contribution in [2.45, 2.75) is 20.3 Å². The van der Waals surface area contributed by atoms with Crippen molar-refractivity contribution in [1.82, 2.24) is 4.98 Å². The van der Waals surface area contributed by atoms with Gasteiger partial charge in [0, 0.05) is 23.1 Å². The molecule has 1 N–H and O–H groups in total. The normalized spacial score (nSPS) is 12.3. The number of fused-ring (bicyclic) bond motifs is 1. The molecule has 1 unspecified atom stereocenters. The molecule has 4 heteroatoms. The first-order valence-corrected chi connectivity index (χ1v) is 6.11. The van der Waals surface area contributed by atoms with Crippen LogP contribution in [0.4, 0.5) is 0 Å². The van der Waals surface area contributed by atoms with Crippen molar-refractivity contribution in [3.8, 4) is 0 Å². The van der Waals surface area contributed by atoms with Gasteiger partial charge in [-0.25, -0.2) is 0 Å². The maximum atomic E-state index is 12.0. The second-order valence-corrected chi connectivity index (χ2v) is 4.73. The first-order valence-electron chi connectivity index (χ1n) is 6.11. The lowest BCUT2D eigenvalue weighted by molar-refractivity contribution is -0.141. The minimum Gasteiger partial charge on any atom is -0.481 e. The Morgan fingerprint density at radius 3 is 2.68 bits per heavy atom. The maximum Gasteiger partial charge on any atom is 0.306 e. The lowest BCUT2D eigenvalue weighted by Gasteiger charge is -2.06. The Morgan fingerprint density at radius 1 is 1.26 bits per heavy atom. The van der Waals surface area contributed by atoms with Gasteiger partial charge >= 0.3 is 5.97 Å². The fourth-order valence-corrected chi connectivity index (χ4v) is 1.88. The highest BCUT2D eigenvalue weighted by molar-refractivity contribution is 6.00. The van der Waals surface area contributed by atoms with Gasteiger partial charge in [-0.1, -0.05) is 13.0 Å². The maximum absolute atomic E-state index is 12.0. The molecule has 1 atom stereocenters. The highest BCUT2D eigenvalue weighted by Gasteiger charge is 2.17. The highest BCUT2D eigenvalue weighted by atomic mass is 16.4. The standard InChI is InChI=1S/C15H15NO3/c1-9(15(18)19)7-14(17)12-5-6-13-11(8-12)4-3-10(2)16-13/h3-6,8-9H,7H2,1-2H3,(H,18,19). The summed E-state index contributed by atoms with van der Waals surface area (Å²) in [5.41, 5.74) is 2.29. The van der Waals surface area contributed by atoms with Crippen molar-refractivity contribution in [2.75, 3.05) is 0 Å². The summed E-state index contributed by atoms with van der Waals surface area (Å²) in [4.78, 5) is 27.1. The Bertz CT molecular complexity index is 649. The Labute approximate surface area is 111 Å². The number of carboxylic acids is 1. The topological polar surface area (TPSA) is 67.3 Å². The summed E-state index contributed by atoms with van der Waals surface area (Å²) >= 11 is 0. The van der Waals surface area contributed by atoms with Gasteiger partial charge in [0.15, 0.2) is 5.78 Å². The Balaban J connectivity index is 2.28. The number of nitrogens with zero attached hydrogens (tertiary/aromatic N) is 1. The van der Waals surface area contributed by atoms with Gasteiger partial charge in [0.25, 0.3) is 0 Å². The van der Waals surface area contributed by atoms with Gasteiger partial charge in [0.1, 0.15) is 0 Å². The third-order valence-electron chi connectivity index (χ3n) is 3.06. The lowest BCUT2D eigenvalue weighted by Crippen LogP contribution is -2.14. The zero-order chi connectivity index (χ0) is 14.0. The van der Waals surface area contributed by atoms with Crippen LogP contribution in [-0.2, 0) is 4.79 Å². The first kappa shape index (κ1) is 13.2. The minimum atomic E-state index is -0.952. The van der Waals surface area contributed by atoms with Crippen molar-refractivity contribution in [1.29, 1.82) is 0 Å². The number of pyridine rings is 1. The van der Waals surface area contributed by atoms with Gasteiger partial charge < -0.3 is 5.11 Å². The number of rotatable bonds is 4. The van der Waals surface area contributed by atoms with Crippen LogP contribution in [0.1, 0.15) is 29.4 Å².